The summed E-state index contributed by atoms with van der Waals surface area (Å²) >= 11 is 1.80. The number of nitrogens with zero attached hydrogens (tertiary/aromatic N) is 1. The third kappa shape index (κ3) is 0.814. The Morgan fingerprint density at radius 1 is 1.70 bits per heavy atom. The second-order valence-electron chi connectivity index (χ2n) is 2.61. The average Bonchev–Trinajstić information content (AvgIpc) is 2.34. The lowest BCUT2D eigenvalue weighted by Gasteiger charge is -2.07. The van der Waals surface area contributed by atoms with Gasteiger partial charge in [0.1, 0.15) is 5.69 Å². The van der Waals surface area contributed by atoms with E-state index < -0.39 is 0 Å². The van der Waals surface area contributed by atoms with Crippen LogP contribution in [0.25, 0.3) is 0 Å². The Hall–Kier alpha value is -0.570. The number of thiazole rings is 1. The molecule has 2 heterocycles. The van der Waals surface area contributed by atoms with Crippen molar-refractivity contribution < 1.29 is 4.57 Å². The van der Waals surface area contributed by atoms with Crippen LogP contribution in [-0.4, -0.2) is 6.54 Å². The van der Waals surface area contributed by atoms with Crippen molar-refractivity contribution in [3.8, 4) is 0 Å². The molecule has 0 aromatic carbocycles. The molecule has 3 heteroatoms. The van der Waals surface area contributed by atoms with Gasteiger partial charge >= 0.3 is 5.13 Å². The number of aromatic nitrogens is 1. The molecule has 1 aliphatic heterocycles. The summed E-state index contributed by atoms with van der Waals surface area (Å²) in [5.41, 5.74) is 1.38. The van der Waals surface area contributed by atoms with Crippen molar-refractivity contribution >= 4 is 16.5 Å². The zero-order valence-electron chi connectivity index (χ0n) is 6.05. The summed E-state index contributed by atoms with van der Waals surface area (Å²) in [5, 5.41) is 6.89. The van der Waals surface area contributed by atoms with E-state index in [9.17, 15) is 0 Å². The average molecular weight is 155 g/mol. The van der Waals surface area contributed by atoms with Gasteiger partial charge in [-0.1, -0.05) is 11.3 Å². The standard InChI is InChI=1S/C7H10N2S/c1-6-5-10-7-8-3-2-4-9(6)7/h5H,2-4H2,1H3/p+1. The highest BCUT2D eigenvalue weighted by Gasteiger charge is 2.17. The van der Waals surface area contributed by atoms with Crippen LogP contribution >= 0.6 is 11.3 Å². The molecule has 1 aliphatic rings. The van der Waals surface area contributed by atoms with Crippen molar-refractivity contribution in [2.45, 2.75) is 19.9 Å². The SMILES string of the molecule is Cc1csc2[n+]1CCCN2. The van der Waals surface area contributed by atoms with Gasteiger partial charge in [-0.05, 0) is 6.92 Å². The summed E-state index contributed by atoms with van der Waals surface area (Å²) in [5.74, 6) is 0. The van der Waals surface area contributed by atoms with E-state index in [-0.39, 0.29) is 0 Å². The highest BCUT2D eigenvalue weighted by atomic mass is 32.1. The Morgan fingerprint density at radius 3 is 3.40 bits per heavy atom. The van der Waals surface area contributed by atoms with E-state index in [1.54, 1.807) is 11.3 Å². The number of hydrogen-bond acceptors (Lipinski definition) is 2. The lowest BCUT2D eigenvalue weighted by atomic mass is 10.3. The fourth-order valence-corrected chi connectivity index (χ4v) is 2.23. The summed E-state index contributed by atoms with van der Waals surface area (Å²) in [7, 11) is 0. The first-order chi connectivity index (χ1) is 4.88. The molecule has 0 atom stereocenters. The normalized spacial score (nSPS) is 16.1. The van der Waals surface area contributed by atoms with Gasteiger partial charge in [-0.15, -0.1) is 0 Å². The first-order valence-electron chi connectivity index (χ1n) is 3.60. The van der Waals surface area contributed by atoms with Gasteiger partial charge in [0.2, 0.25) is 0 Å². The highest BCUT2D eigenvalue weighted by Crippen LogP contribution is 2.15. The van der Waals surface area contributed by atoms with Crippen LogP contribution in [0.2, 0.25) is 0 Å². The number of nitrogens with one attached hydrogen (secondary N) is 1. The van der Waals surface area contributed by atoms with E-state index in [0.29, 0.717) is 0 Å². The molecule has 0 saturated heterocycles. The maximum Gasteiger partial charge on any atom is 0.333 e. The quantitative estimate of drug-likeness (QED) is 0.556. The van der Waals surface area contributed by atoms with E-state index >= 15 is 0 Å². The molecule has 2 rings (SSSR count). The van der Waals surface area contributed by atoms with E-state index in [2.05, 4.69) is 22.2 Å². The van der Waals surface area contributed by atoms with Crippen LogP contribution in [0.1, 0.15) is 12.1 Å². The van der Waals surface area contributed by atoms with Gasteiger partial charge in [0.05, 0.1) is 13.1 Å². The van der Waals surface area contributed by atoms with Crippen LogP contribution < -0.4 is 9.88 Å². The second kappa shape index (κ2) is 2.23. The first-order valence-corrected chi connectivity index (χ1v) is 4.48. The summed E-state index contributed by atoms with van der Waals surface area (Å²) in [4.78, 5) is 0. The van der Waals surface area contributed by atoms with E-state index in [0.717, 1.165) is 6.54 Å². The van der Waals surface area contributed by atoms with Gasteiger partial charge in [-0.2, -0.15) is 0 Å². The van der Waals surface area contributed by atoms with Crippen molar-refractivity contribution in [2.75, 3.05) is 11.9 Å². The maximum atomic E-state index is 3.36. The molecule has 1 aromatic rings. The van der Waals surface area contributed by atoms with E-state index in [1.807, 2.05) is 0 Å². The molecule has 0 bridgehead atoms. The van der Waals surface area contributed by atoms with Crippen molar-refractivity contribution in [2.24, 2.45) is 0 Å². The monoisotopic (exact) mass is 155 g/mol. The van der Waals surface area contributed by atoms with Crippen LogP contribution in [-0.2, 0) is 6.54 Å². The number of rotatable bonds is 0. The third-order valence-corrected chi connectivity index (χ3v) is 2.89. The molecular weight excluding hydrogens is 144 g/mol. The topological polar surface area (TPSA) is 15.9 Å². The zero-order chi connectivity index (χ0) is 6.97. The molecule has 2 nitrogen and oxygen atoms in total. The Bertz CT molecular complexity index is 242. The predicted octanol–water partition coefficient (Wildman–Crippen LogP) is 1.16. The number of aryl methyl sites for hydroxylation is 1. The van der Waals surface area contributed by atoms with Gasteiger partial charge in [-0.3, -0.25) is 5.32 Å². The number of anilines is 1. The van der Waals surface area contributed by atoms with Crippen LogP contribution in [0, 0.1) is 6.92 Å². The Kier molecular flexibility index (Phi) is 1.38. The molecule has 0 aliphatic carbocycles. The minimum absolute atomic E-state index is 1.14. The Balaban J connectivity index is 2.45. The number of hydrogen-bond donors (Lipinski definition) is 1. The molecule has 0 amide bonds. The molecule has 54 valence electrons. The van der Waals surface area contributed by atoms with Gasteiger partial charge in [-0.25, -0.2) is 4.57 Å². The largest absolute Gasteiger partial charge is 0.333 e. The van der Waals surface area contributed by atoms with Crippen LogP contribution in [0.3, 0.4) is 0 Å². The minimum Gasteiger partial charge on any atom is -0.265 e. The fourth-order valence-electron chi connectivity index (χ4n) is 1.28. The summed E-state index contributed by atoms with van der Waals surface area (Å²) in [6.07, 6.45) is 1.26. The third-order valence-electron chi connectivity index (χ3n) is 1.85. The van der Waals surface area contributed by atoms with E-state index in [4.69, 9.17) is 0 Å². The second-order valence-corrected chi connectivity index (χ2v) is 3.47. The van der Waals surface area contributed by atoms with Crippen LogP contribution in [0.15, 0.2) is 5.38 Å². The van der Waals surface area contributed by atoms with Crippen LogP contribution in [0.4, 0.5) is 5.13 Å². The number of fused-ring (bicyclic) bond motifs is 1. The molecule has 0 radical (unpaired) electrons. The highest BCUT2D eigenvalue weighted by molar-refractivity contribution is 7.13. The van der Waals surface area contributed by atoms with Crippen molar-refractivity contribution in [3.05, 3.63) is 11.1 Å². The minimum atomic E-state index is 1.14. The zero-order valence-corrected chi connectivity index (χ0v) is 6.87. The molecular formula is C7H11N2S+. The van der Waals surface area contributed by atoms with Gasteiger partial charge < -0.3 is 0 Å². The first kappa shape index (κ1) is 6.16. The van der Waals surface area contributed by atoms with E-state index in [1.165, 1.54) is 23.8 Å². The molecule has 10 heavy (non-hydrogen) atoms. The molecule has 0 unspecified atom stereocenters. The molecule has 0 fully saturated rings. The fraction of sp³-hybridized carbons (Fsp3) is 0.571. The molecule has 1 N–H and O–H groups in total. The maximum absolute atomic E-state index is 3.36. The lowest BCUT2D eigenvalue weighted by Crippen LogP contribution is -2.41. The Morgan fingerprint density at radius 2 is 2.60 bits per heavy atom. The lowest BCUT2D eigenvalue weighted by molar-refractivity contribution is -0.688. The van der Waals surface area contributed by atoms with Crippen molar-refractivity contribution in [1.29, 1.82) is 0 Å². The van der Waals surface area contributed by atoms with Crippen molar-refractivity contribution in [3.63, 3.8) is 0 Å². The summed E-state index contributed by atoms with van der Waals surface area (Å²) in [6.45, 7) is 4.49. The smallest absolute Gasteiger partial charge is 0.265 e. The van der Waals surface area contributed by atoms with Crippen molar-refractivity contribution in [1.82, 2.24) is 0 Å². The van der Waals surface area contributed by atoms with Crippen LogP contribution in [0.5, 0.6) is 0 Å². The summed E-state index contributed by atoms with van der Waals surface area (Å²) in [6, 6.07) is 0. The Labute approximate surface area is 64.5 Å². The van der Waals surface area contributed by atoms with Gasteiger partial charge in [0, 0.05) is 11.8 Å². The van der Waals surface area contributed by atoms with Gasteiger partial charge in [0.15, 0.2) is 0 Å². The molecule has 0 spiro atoms. The van der Waals surface area contributed by atoms with Gasteiger partial charge in [0.25, 0.3) is 0 Å². The predicted molar refractivity (Wildman–Crippen MR) is 42.4 cm³/mol. The molecule has 0 saturated carbocycles. The molecule has 1 aromatic heterocycles. The summed E-state index contributed by atoms with van der Waals surface area (Å²) < 4.78 is 2.34.